The summed E-state index contributed by atoms with van der Waals surface area (Å²) in [5.74, 6) is 0. The Hall–Kier alpha value is -0.540. The van der Waals surface area contributed by atoms with E-state index in [9.17, 15) is 0 Å². The van der Waals surface area contributed by atoms with Crippen LogP contribution in [-0.4, -0.2) is 7.05 Å². The fourth-order valence-corrected chi connectivity index (χ4v) is 2.97. The number of rotatable bonds is 4. The third-order valence-electron chi connectivity index (χ3n) is 3.46. The van der Waals surface area contributed by atoms with Gasteiger partial charge in [-0.2, -0.15) is 0 Å². The topological polar surface area (TPSA) is 12.0 Å². The van der Waals surface area contributed by atoms with E-state index in [1.54, 1.807) is 0 Å². The van der Waals surface area contributed by atoms with Crippen LogP contribution in [-0.2, 0) is 6.42 Å². The minimum absolute atomic E-state index is 0.241. The van der Waals surface area contributed by atoms with Crippen molar-refractivity contribution in [3.8, 4) is 0 Å². The monoisotopic (exact) mass is 371 g/mol. The van der Waals surface area contributed by atoms with Crippen LogP contribution in [0.15, 0.2) is 40.9 Å². The van der Waals surface area contributed by atoms with Gasteiger partial charge in [0.1, 0.15) is 0 Å². The fourth-order valence-electron chi connectivity index (χ4n) is 2.27. The number of likely N-dealkylation sites (N-methyl/N-ethyl adjacent to an activating group) is 1. The molecule has 0 amide bonds. The highest BCUT2D eigenvalue weighted by atomic mass is 79.9. The van der Waals surface area contributed by atoms with E-state index in [4.69, 9.17) is 23.2 Å². The van der Waals surface area contributed by atoms with Crippen molar-refractivity contribution in [1.82, 2.24) is 5.32 Å². The van der Waals surface area contributed by atoms with Crippen LogP contribution in [0.2, 0.25) is 10.0 Å². The van der Waals surface area contributed by atoms with Gasteiger partial charge in [-0.15, -0.1) is 0 Å². The Labute approximate surface area is 138 Å². The smallest absolute Gasteiger partial charge is 0.0595 e. The lowest BCUT2D eigenvalue weighted by molar-refractivity contribution is 0.588. The number of hydrogen-bond donors (Lipinski definition) is 1. The van der Waals surface area contributed by atoms with Gasteiger partial charge in [0.25, 0.3) is 0 Å². The highest BCUT2D eigenvalue weighted by Gasteiger charge is 2.14. The third kappa shape index (κ3) is 3.56. The van der Waals surface area contributed by atoms with Gasteiger partial charge in [0.15, 0.2) is 0 Å². The molecule has 0 aliphatic carbocycles. The molecule has 1 N–H and O–H groups in total. The van der Waals surface area contributed by atoms with Gasteiger partial charge in [-0.3, -0.25) is 0 Å². The van der Waals surface area contributed by atoms with Crippen molar-refractivity contribution in [3.63, 3.8) is 0 Å². The predicted octanol–water partition coefficient (Wildman–Crippen LogP) is 5.57. The minimum Gasteiger partial charge on any atom is -0.313 e. The number of benzene rings is 2. The summed E-state index contributed by atoms with van der Waals surface area (Å²) in [6.45, 7) is 2.12. The molecule has 2 aromatic rings. The van der Waals surface area contributed by atoms with Gasteiger partial charge in [0.2, 0.25) is 0 Å². The van der Waals surface area contributed by atoms with E-state index in [0.717, 1.165) is 16.5 Å². The van der Waals surface area contributed by atoms with Crippen molar-refractivity contribution in [3.05, 3.63) is 67.6 Å². The Morgan fingerprint density at radius 3 is 2.55 bits per heavy atom. The maximum absolute atomic E-state index is 6.08. The zero-order valence-corrected chi connectivity index (χ0v) is 14.5. The molecule has 0 radical (unpaired) electrons. The SMILES string of the molecule is CNC(Cc1ccc(Cl)c(Cl)c1)c1cccc(Br)c1C. The zero-order valence-electron chi connectivity index (χ0n) is 11.4. The van der Waals surface area contributed by atoms with Gasteiger partial charge >= 0.3 is 0 Å². The maximum atomic E-state index is 6.08. The minimum atomic E-state index is 0.241. The highest BCUT2D eigenvalue weighted by molar-refractivity contribution is 9.10. The fraction of sp³-hybridized carbons (Fsp3) is 0.250. The maximum Gasteiger partial charge on any atom is 0.0595 e. The molecule has 1 atom stereocenters. The van der Waals surface area contributed by atoms with E-state index in [0.29, 0.717) is 10.0 Å². The second kappa shape index (κ2) is 6.95. The number of hydrogen-bond acceptors (Lipinski definition) is 1. The first-order valence-electron chi connectivity index (χ1n) is 6.39. The van der Waals surface area contributed by atoms with E-state index in [2.05, 4.69) is 46.4 Å². The predicted molar refractivity (Wildman–Crippen MR) is 90.8 cm³/mol. The summed E-state index contributed by atoms with van der Waals surface area (Å²) >= 11 is 15.6. The van der Waals surface area contributed by atoms with E-state index in [-0.39, 0.29) is 6.04 Å². The van der Waals surface area contributed by atoms with Crippen LogP contribution in [0, 0.1) is 6.92 Å². The number of halogens is 3. The van der Waals surface area contributed by atoms with Crippen LogP contribution in [0.5, 0.6) is 0 Å². The first-order chi connectivity index (χ1) is 9.52. The lowest BCUT2D eigenvalue weighted by Crippen LogP contribution is -2.20. The largest absolute Gasteiger partial charge is 0.313 e. The highest BCUT2D eigenvalue weighted by Crippen LogP contribution is 2.29. The van der Waals surface area contributed by atoms with E-state index < -0.39 is 0 Å². The van der Waals surface area contributed by atoms with E-state index >= 15 is 0 Å². The van der Waals surface area contributed by atoms with Crippen LogP contribution < -0.4 is 5.32 Å². The molecule has 0 aliphatic heterocycles. The van der Waals surface area contributed by atoms with Crippen LogP contribution >= 0.6 is 39.1 Å². The molecule has 0 fully saturated rings. The Morgan fingerprint density at radius 2 is 1.90 bits per heavy atom. The summed E-state index contributed by atoms with van der Waals surface area (Å²) in [6, 6.07) is 12.3. The summed E-state index contributed by atoms with van der Waals surface area (Å²) in [6.07, 6.45) is 0.866. The standard InChI is InChI=1S/C16H16BrCl2N/c1-10-12(4-3-5-13(10)17)16(20-2)9-11-6-7-14(18)15(19)8-11/h3-8,16,20H,9H2,1-2H3. The van der Waals surface area contributed by atoms with Crippen LogP contribution in [0.1, 0.15) is 22.7 Å². The van der Waals surface area contributed by atoms with Crippen molar-refractivity contribution >= 4 is 39.1 Å². The summed E-state index contributed by atoms with van der Waals surface area (Å²) in [5.41, 5.74) is 3.71. The molecule has 20 heavy (non-hydrogen) atoms. The van der Waals surface area contributed by atoms with Crippen LogP contribution in [0.4, 0.5) is 0 Å². The molecule has 106 valence electrons. The molecule has 1 unspecified atom stereocenters. The van der Waals surface area contributed by atoms with Crippen molar-refractivity contribution in [2.24, 2.45) is 0 Å². The van der Waals surface area contributed by atoms with Gasteiger partial charge in [0.05, 0.1) is 10.0 Å². The summed E-state index contributed by atoms with van der Waals surface area (Å²) in [7, 11) is 1.97. The Kier molecular flexibility index (Phi) is 5.50. The molecule has 0 saturated carbocycles. The van der Waals surface area contributed by atoms with Gasteiger partial charge in [0, 0.05) is 10.5 Å². The van der Waals surface area contributed by atoms with Crippen LogP contribution in [0.3, 0.4) is 0 Å². The average Bonchev–Trinajstić information content (AvgIpc) is 2.43. The van der Waals surface area contributed by atoms with Crippen molar-refractivity contribution in [2.75, 3.05) is 7.05 Å². The molecule has 0 spiro atoms. The summed E-state index contributed by atoms with van der Waals surface area (Å²) in [4.78, 5) is 0. The molecule has 2 rings (SSSR count). The molecule has 1 nitrogen and oxygen atoms in total. The van der Waals surface area contributed by atoms with E-state index in [1.807, 2.05) is 25.2 Å². The lowest BCUT2D eigenvalue weighted by atomic mass is 9.95. The molecule has 0 aliphatic rings. The first kappa shape index (κ1) is 15.8. The van der Waals surface area contributed by atoms with Crippen molar-refractivity contribution in [2.45, 2.75) is 19.4 Å². The van der Waals surface area contributed by atoms with Gasteiger partial charge < -0.3 is 5.32 Å². The van der Waals surface area contributed by atoms with E-state index in [1.165, 1.54) is 11.1 Å². The zero-order chi connectivity index (χ0) is 14.7. The molecule has 0 heterocycles. The normalized spacial score (nSPS) is 12.4. The van der Waals surface area contributed by atoms with Crippen molar-refractivity contribution in [1.29, 1.82) is 0 Å². The van der Waals surface area contributed by atoms with Crippen molar-refractivity contribution < 1.29 is 0 Å². The second-order valence-electron chi connectivity index (χ2n) is 4.75. The summed E-state index contributed by atoms with van der Waals surface area (Å²) in [5, 5.41) is 4.57. The van der Waals surface area contributed by atoms with Gasteiger partial charge in [-0.25, -0.2) is 0 Å². The molecule has 0 bridgehead atoms. The Balaban J connectivity index is 2.28. The van der Waals surface area contributed by atoms with Crippen LogP contribution in [0.25, 0.3) is 0 Å². The van der Waals surface area contributed by atoms with Gasteiger partial charge in [-0.1, -0.05) is 57.3 Å². The average molecular weight is 373 g/mol. The molecule has 2 aromatic carbocycles. The molecule has 4 heteroatoms. The Morgan fingerprint density at radius 1 is 1.15 bits per heavy atom. The lowest BCUT2D eigenvalue weighted by Gasteiger charge is -2.20. The molecule has 0 aromatic heterocycles. The third-order valence-corrected chi connectivity index (χ3v) is 5.06. The molecule has 0 saturated heterocycles. The quantitative estimate of drug-likeness (QED) is 0.739. The summed E-state index contributed by atoms with van der Waals surface area (Å²) < 4.78 is 1.13. The molecular weight excluding hydrogens is 357 g/mol. The Bertz CT molecular complexity index is 613. The van der Waals surface area contributed by atoms with Gasteiger partial charge in [-0.05, 0) is 55.3 Å². The first-order valence-corrected chi connectivity index (χ1v) is 7.94. The molecular formula is C16H16BrCl2N. The number of nitrogens with one attached hydrogen (secondary N) is 1. The second-order valence-corrected chi connectivity index (χ2v) is 6.42.